The number of hydrogen-bond acceptors (Lipinski definition) is 2. The van der Waals surface area contributed by atoms with Crippen molar-refractivity contribution in [3.05, 3.63) is 33.7 Å². The van der Waals surface area contributed by atoms with Crippen molar-refractivity contribution < 1.29 is 4.79 Å². The molecule has 0 aliphatic carbocycles. The number of aryl methyl sites for hydroxylation is 1. The third-order valence-corrected chi connectivity index (χ3v) is 4.29. The van der Waals surface area contributed by atoms with Gasteiger partial charge in [0.25, 0.3) is 5.91 Å². The molecule has 1 fully saturated rings. The van der Waals surface area contributed by atoms with E-state index >= 15 is 0 Å². The molecular weight excluding hydrogens is 252 g/mol. The number of rotatable bonds is 2. The molecule has 2 heterocycles. The van der Waals surface area contributed by atoms with Crippen molar-refractivity contribution in [2.24, 2.45) is 11.8 Å². The second kappa shape index (κ2) is 6.25. The van der Waals surface area contributed by atoms with Crippen molar-refractivity contribution in [3.8, 4) is 0 Å². The minimum Gasteiger partial charge on any atom is -0.364 e. The molecule has 110 valence electrons. The fourth-order valence-corrected chi connectivity index (χ4v) is 2.90. The Labute approximate surface area is 120 Å². The molecule has 4 nitrogen and oxygen atoms in total. The highest BCUT2D eigenvalue weighted by atomic mass is 16.2. The standard InChI is InChI=1S/C16H24N2O2/c1-11(2)13-5-4-7-18(8-6-13)16(20)14-10-17-12(3)9-15(14)19/h9-11,13H,4-8H2,1-3H3,(H,17,19). The molecular formula is C16H24N2O2. The van der Waals surface area contributed by atoms with Gasteiger partial charge in [-0.15, -0.1) is 0 Å². The summed E-state index contributed by atoms with van der Waals surface area (Å²) in [6.45, 7) is 7.82. The van der Waals surface area contributed by atoms with Crippen LogP contribution in [0.4, 0.5) is 0 Å². The van der Waals surface area contributed by atoms with Crippen molar-refractivity contribution in [3.63, 3.8) is 0 Å². The first kappa shape index (κ1) is 14.8. The summed E-state index contributed by atoms with van der Waals surface area (Å²) in [4.78, 5) is 29.2. The molecule has 0 aromatic carbocycles. The van der Waals surface area contributed by atoms with Crippen molar-refractivity contribution in [2.45, 2.75) is 40.0 Å². The van der Waals surface area contributed by atoms with Gasteiger partial charge in [-0.05, 0) is 38.0 Å². The Hall–Kier alpha value is -1.58. The smallest absolute Gasteiger partial charge is 0.259 e. The Morgan fingerprint density at radius 3 is 2.75 bits per heavy atom. The van der Waals surface area contributed by atoms with Gasteiger partial charge in [0.05, 0.1) is 0 Å². The van der Waals surface area contributed by atoms with Crippen LogP contribution < -0.4 is 5.43 Å². The number of nitrogens with one attached hydrogen (secondary N) is 1. The predicted octanol–water partition coefficient (Wildman–Crippen LogP) is 2.58. The quantitative estimate of drug-likeness (QED) is 0.902. The Morgan fingerprint density at radius 2 is 2.10 bits per heavy atom. The summed E-state index contributed by atoms with van der Waals surface area (Å²) in [5, 5.41) is 0. The van der Waals surface area contributed by atoms with Gasteiger partial charge in [0.2, 0.25) is 0 Å². The Morgan fingerprint density at radius 1 is 1.35 bits per heavy atom. The molecule has 1 N–H and O–H groups in total. The van der Waals surface area contributed by atoms with Crippen molar-refractivity contribution in [2.75, 3.05) is 13.1 Å². The molecule has 20 heavy (non-hydrogen) atoms. The van der Waals surface area contributed by atoms with E-state index in [4.69, 9.17) is 0 Å². The van der Waals surface area contributed by atoms with E-state index in [9.17, 15) is 9.59 Å². The summed E-state index contributed by atoms with van der Waals surface area (Å²) >= 11 is 0. The van der Waals surface area contributed by atoms with Crippen LogP contribution in [0.15, 0.2) is 17.1 Å². The van der Waals surface area contributed by atoms with Crippen molar-refractivity contribution in [1.82, 2.24) is 9.88 Å². The Bertz CT molecular complexity index is 534. The third-order valence-electron chi connectivity index (χ3n) is 4.29. The summed E-state index contributed by atoms with van der Waals surface area (Å²) in [5.74, 6) is 1.22. The topological polar surface area (TPSA) is 53.2 Å². The van der Waals surface area contributed by atoms with E-state index < -0.39 is 0 Å². The van der Waals surface area contributed by atoms with E-state index in [1.165, 1.54) is 12.5 Å². The van der Waals surface area contributed by atoms with Gasteiger partial charge >= 0.3 is 0 Å². The number of likely N-dealkylation sites (tertiary alicyclic amines) is 1. The van der Waals surface area contributed by atoms with Gasteiger partial charge in [-0.2, -0.15) is 0 Å². The van der Waals surface area contributed by atoms with Gasteiger partial charge in [0.15, 0.2) is 5.43 Å². The average molecular weight is 276 g/mol. The van der Waals surface area contributed by atoms with Gasteiger partial charge in [-0.25, -0.2) is 0 Å². The summed E-state index contributed by atoms with van der Waals surface area (Å²) in [7, 11) is 0. The molecule has 1 amide bonds. The van der Waals surface area contributed by atoms with Gasteiger partial charge in [0, 0.05) is 31.0 Å². The number of carbonyl (C=O) groups excluding carboxylic acids is 1. The van der Waals surface area contributed by atoms with Crippen molar-refractivity contribution in [1.29, 1.82) is 0 Å². The highest BCUT2D eigenvalue weighted by Gasteiger charge is 2.24. The van der Waals surface area contributed by atoms with Gasteiger partial charge in [-0.3, -0.25) is 9.59 Å². The van der Waals surface area contributed by atoms with E-state index in [0.717, 1.165) is 31.6 Å². The Balaban J connectivity index is 2.11. The summed E-state index contributed by atoms with van der Waals surface area (Å²) in [5.41, 5.74) is 0.858. The normalized spacial score (nSPS) is 20.0. The first-order chi connectivity index (χ1) is 9.49. The lowest BCUT2D eigenvalue weighted by molar-refractivity contribution is 0.0757. The zero-order valence-corrected chi connectivity index (χ0v) is 12.6. The number of nitrogens with zero attached hydrogens (tertiary/aromatic N) is 1. The maximum absolute atomic E-state index is 12.5. The number of carbonyl (C=O) groups is 1. The van der Waals surface area contributed by atoms with E-state index in [-0.39, 0.29) is 16.9 Å². The summed E-state index contributed by atoms with van der Waals surface area (Å²) < 4.78 is 0. The van der Waals surface area contributed by atoms with E-state index in [1.54, 1.807) is 6.20 Å². The zero-order chi connectivity index (χ0) is 14.7. The van der Waals surface area contributed by atoms with E-state index in [0.29, 0.717) is 11.8 Å². The summed E-state index contributed by atoms with van der Waals surface area (Å²) in [6.07, 6.45) is 4.78. The lowest BCUT2D eigenvalue weighted by Crippen LogP contribution is -2.35. The van der Waals surface area contributed by atoms with Gasteiger partial charge in [-0.1, -0.05) is 13.8 Å². The molecule has 0 radical (unpaired) electrons. The molecule has 0 bridgehead atoms. The van der Waals surface area contributed by atoms with Crippen LogP contribution in [-0.2, 0) is 0 Å². The van der Waals surface area contributed by atoms with Crippen LogP contribution >= 0.6 is 0 Å². The number of hydrogen-bond donors (Lipinski definition) is 1. The second-order valence-corrected chi connectivity index (χ2v) is 6.12. The van der Waals surface area contributed by atoms with Gasteiger partial charge < -0.3 is 9.88 Å². The maximum atomic E-state index is 12.5. The number of amides is 1. The molecule has 1 aromatic rings. The molecule has 1 aliphatic rings. The Kier molecular flexibility index (Phi) is 4.63. The van der Waals surface area contributed by atoms with E-state index in [2.05, 4.69) is 18.8 Å². The van der Waals surface area contributed by atoms with Crippen molar-refractivity contribution >= 4 is 5.91 Å². The molecule has 1 aliphatic heterocycles. The maximum Gasteiger partial charge on any atom is 0.259 e. The first-order valence-electron chi connectivity index (χ1n) is 7.47. The summed E-state index contributed by atoms with van der Waals surface area (Å²) in [6, 6.07) is 1.49. The SMILES string of the molecule is Cc1cc(=O)c(C(=O)N2CCCC(C(C)C)CC2)c[nH]1. The predicted molar refractivity (Wildman–Crippen MR) is 79.9 cm³/mol. The number of H-pyrrole nitrogens is 1. The van der Waals surface area contributed by atoms with Crippen LogP contribution in [0.1, 0.15) is 49.2 Å². The lowest BCUT2D eigenvalue weighted by atomic mass is 9.89. The highest BCUT2D eigenvalue weighted by molar-refractivity contribution is 5.93. The molecule has 1 atom stereocenters. The largest absolute Gasteiger partial charge is 0.364 e. The minimum atomic E-state index is -0.184. The van der Waals surface area contributed by atoms with Crippen LogP contribution in [0.2, 0.25) is 0 Å². The highest BCUT2D eigenvalue weighted by Crippen LogP contribution is 2.24. The molecule has 1 aromatic heterocycles. The first-order valence-corrected chi connectivity index (χ1v) is 7.47. The molecule has 0 saturated carbocycles. The number of aromatic amines is 1. The zero-order valence-electron chi connectivity index (χ0n) is 12.6. The molecule has 2 rings (SSSR count). The van der Waals surface area contributed by atoms with Crippen LogP contribution in [0.3, 0.4) is 0 Å². The monoisotopic (exact) mass is 276 g/mol. The fourth-order valence-electron chi connectivity index (χ4n) is 2.90. The van der Waals surface area contributed by atoms with Crippen LogP contribution in [-0.4, -0.2) is 28.9 Å². The number of aromatic nitrogens is 1. The second-order valence-electron chi connectivity index (χ2n) is 6.12. The molecule has 4 heteroatoms. The minimum absolute atomic E-state index is 0.129. The molecule has 0 spiro atoms. The molecule has 1 unspecified atom stereocenters. The van der Waals surface area contributed by atoms with Crippen LogP contribution in [0, 0.1) is 18.8 Å². The lowest BCUT2D eigenvalue weighted by Gasteiger charge is -2.21. The van der Waals surface area contributed by atoms with Crippen LogP contribution in [0.25, 0.3) is 0 Å². The third kappa shape index (κ3) is 3.30. The van der Waals surface area contributed by atoms with Crippen LogP contribution in [0.5, 0.6) is 0 Å². The fraction of sp³-hybridized carbons (Fsp3) is 0.625. The van der Waals surface area contributed by atoms with Gasteiger partial charge in [0.1, 0.15) is 5.56 Å². The molecule has 1 saturated heterocycles. The van der Waals surface area contributed by atoms with E-state index in [1.807, 2.05) is 11.8 Å². The number of pyridine rings is 1. The average Bonchev–Trinajstić information content (AvgIpc) is 2.63.